The van der Waals surface area contributed by atoms with E-state index in [9.17, 15) is 8.78 Å². The molecule has 2 aliphatic rings. The molecule has 0 N–H and O–H groups in total. The molecule has 0 spiro atoms. The maximum absolute atomic E-state index is 15.2. The van der Waals surface area contributed by atoms with Crippen LogP contribution in [0.3, 0.4) is 0 Å². The van der Waals surface area contributed by atoms with Gasteiger partial charge in [-0.2, -0.15) is 4.39 Å². The Morgan fingerprint density at radius 2 is 1.23 bits per heavy atom. The first-order chi connectivity index (χ1) is 19.4. The van der Waals surface area contributed by atoms with Gasteiger partial charge < -0.3 is 4.74 Å². The zero-order chi connectivity index (χ0) is 28.5. The van der Waals surface area contributed by atoms with Crippen LogP contribution in [0.1, 0.15) is 139 Å². The Morgan fingerprint density at radius 3 is 1.85 bits per heavy atom. The van der Waals surface area contributed by atoms with Crippen LogP contribution in [-0.2, 0) is 6.42 Å². The molecule has 1 nitrogen and oxygen atoms in total. The van der Waals surface area contributed by atoms with E-state index in [0.29, 0.717) is 41.6 Å². The molecule has 0 atom stereocenters. The molecule has 0 unspecified atom stereocenters. The lowest BCUT2D eigenvalue weighted by atomic mass is 9.75. The number of benzene rings is 2. The highest BCUT2D eigenvalue weighted by Gasteiger charge is 2.29. The average molecular weight is 561 g/mol. The lowest BCUT2D eigenvalue weighted by molar-refractivity contribution is 0.283. The second kappa shape index (κ2) is 15.3. The number of hydrogen-bond acceptors (Lipinski definition) is 1. The predicted molar refractivity (Wildman–Crippen MR) is 155 cm³/mol. The molecule has 0 aliphatic heterocycles. The van der Waals surface area contributed by atoms with E-state index < -0.39 is 23.3 Å². The van der Waals surface area contributed by atoms with Gasteiger partial charge >= 0.3 is 0 Å². The molecular formula is C35H48F4O. The average Bonchev–Trinajstić information content (AvgIpc) is 2.96. The van der Waals surface area contributed by atoms with Crippen LogP contribution in [0.2, 0.25) is 0 Å². The van der Waals surface area contributed by atoms with E-state index in [1.807, 2.05) is 12.1 Å². The van der Waals surface area contributed by atoms with Gasteiger partial charge in [0, 0.05) is 0 Å². The van der Waals surface area contributed by atoms with Gasteiger partial charge in [-0.3, -0.25) is 0 Å². The van der Waals surface area contributed by atoms with E-state index in [1.54, 1.807) is 12.1 Å². The molecule has 0 aromatic heterocycles. The molecule has 2 fully saturated rings. The molecule has 0 amide bonds. The molecule has 0 saturated heterocycles. The minimum absolute atomic E-state index is 0.00589. The summed E-state index contributed by atoms with van der Waals surface area (Å²) in [6.45, 7) is 4.81. The predicted octanol–water partition coefficient (Wildman–Crippen LogP) is 11.2. The van der Waals surface area contributed by atoms with Crippen LogP contribution in [0, 0.1) is 35.1 Å². The van der Waals surface area contributed by atoms with Gasteiger partial charge in [0.25, 0.3) is 0 Å². The number of halogens is 4. The Morgan fingerprint density at radius 1 is 0.650 bits per heavy atom. The van der Waals surface area contributed by atoms with Crippen LogP contribution >= 0.6 is 0 Å². The molecule has 4 rings (SSSR count). The first-order valence-electron chi connectivity index (χ1n) is 16.0. The minimum atomic E-state index is -0.893. The van der Waals surface area contributed by atoms with Crippen LogP contribution in [0.25, 0.3) is 0 Å². The van der Waals surface area contributed by atoms with Gasteiger partial charge in [-0.15, -0.1) is 0 Å². The quantitative estimate of drug-likeness (QED) is 0.175. The van der Waals surface area contributed by atoms with Crippen molar-refractivity contribution in [2.75, 3.05) is 6.61 Å². The van der Waals surface area contributed by atoms with Crippen LogP contribution in [0.5, 0.6) is 5.75 Å². The summed E-state index contributed by atoms with van der Waals surface area (Å²) < 4.78 is 65.1. The van der Waals surface area contributed by atoms with Gasteiger partial charge in [0.05, 0.1) is 6.61 Å². The van der Waals surface area contributed by atoms with Crippen molar-refractivity contribution < 1.29 is 22.3 Å². The second-order valence-electron chi connectivity index (χ2n) is 12.6. The first-order valence-corrected chi connectivity index (χ1v) is 16.0. The van der Waals surface area contributed by atoms with E-state index in [0.717, 1.165) is 77.0 Å². The van der Waals surface area contributed by atoms with E-state index in [4.69, 9.17) is 4.74 Å². The second-order valence-corrected chi connectivity index (χ2v) is 12.6. The number of rotatable bonds is 13. The third kappa shape index (κ3) is 8.03. The normalized spacial score (nSPS) is 23.4. The Kier molecular flexibility index (Phi) is 11.8. The maximum atomic E-state index is 15.2. The number of unbranched alkanes of at least 4 members (excludes halogenated alkanes) is 5. The Hall–Kier alpha value is -2.04. The molecule has 0 bridgehead atoms. The molecule has 0 radical (unpaired) electrons. The van der Waals surface area contributed by atoms with Gasteiger partial charge in [-0.05, 0) is 104 Å². The Bertz CT molecular complexity index is 1070. The van der Waals surface area contributed by atoms with E-state index in [-0.39, 0.29) is 17.6 Å². The summed E-state index contributed by atoms with van der Waals surface area (Å²) in [5.74, 6) is -1.82. The first kappa shape index (κ1) is 30.9. The summed E-state index contributed by atoms with van der Waals surface area (Å²) in [7, 11) is 0. The molecule has 2 aromatic rings. The summed E-state index contributed by atoms with van der Waals surface area (Å²) in [5, 5.41) is 0. The van der Waals surface area contributed by atoms with E-state index >= 15 is 8.78 Å². The van der Waals surface area contributed by atoms with Crippen molar-refractivity contribution in [2.45, 2.75) is 128 Å². The van der Waals surface area contributed by atoms with Crippen molar-refractivity contribution in [3.63, 3.8) is 0 Å². The van der Waals surface area contributed by atoms with Crippen LogP contribution < -0.4 is 4.74 Å². The molecule has 40 heavy (non-hydrogen) atoms. The number of aryl methyl sites for hydroxylation is 1. The Labute approximate surface area is 239 Å². The summed E-state index contributed by atoms with van der Waals surface area (Å²) in [6, 6.07) is 6.85. The highest BCUT2D eigenvalue weighted by Crippen LogP contribution is 2.42. The van der Waals surface area contributed by atoms with Gasteiger partial charge in [0.15, 0.2) is 23.2 Å². The number of ether oxygens (including phenoxy) is 1. The standard InChI is InChI=1S/C35H48F4O/c1-3-4-5-6-7-8-23-40-31-22-19-28(32(36)35(31)39)18-13-25-11-16-27(17-12-25)30-21-20-29(33(37)34(30)38)26-14-9-24(2)10-15-26/h19-22,24-27H,3-18,23H2,1-2H3. The molecule has 2 aromatic carbocycles. The minimum Gasteiger partial charge on any atom is -0.490 e. The Balaban J connectivity index is 1.23. The molecule has 2 aliphatic carbocycles. The smallest absolute Gasteiger partial charge is 0.200 e. The fraction of sp³-hybridized carbons (Fsp3) is 0.657. The van der Waals surface area contributed by atoms with Crippen molar-refractivity contribution in [3.05, 3.63) is 64.2 Å². The van der Waals surface area contributed by atoms with Gasteiger partial charge in [-0.25, -0.2) is 13.2 Å². The molecule has 2 saturated carbocycles. The molecular weight excluding hydrogens is 512 g/mol. The zero-order valence-electron chi connectivity index (χ0n) is 24.6. The third-order valence-electron chi connectivity index (χ3n) is 9.59. The zero-order valence-corrected chi connectivity index (χ0v) is 24.6. The monoisotopic (exact) mass is 560 g/mol. The molecule has 5 heteroatoms. The highest BCUT2D eigenvalue weighted by molar-refractivity contribution is 5.33. The highest BCUT2D eigenvalue weighted by atomic mass is 19.2. The lowest BCUT2D eigenvalue weighted by Gasteiger charge is -2.30. The van der Waals surface area contributed by atoms with Gasteiger partial charge in [0.1, 0.15) is 0 Å². The van der Waals surface area contributed by atoms with Crippen LogP contribution in [0.15, 0.2) is 24.3 Å². The summed E-state index contributed by atoms with van der Waals surface area (Å²) in [5.41, 5.74) is 1.44. The fourth-order valence-corrected chi connectivity index (χ4v) is 6.84. The van der Waals surface area contributed by atoms with Crippen LogP contribution in [-0.4, -0.2) is 6.61 Å². The van der Waals surface area contributed by atoms with Crippen molar-refractivity contribution in [1.82, 2.24) is 0 Å². The summed E-state index contributed by atoms with van der Waals surface area (Å²) >= 11 is 0. The third-order valence-corrected chi connectivity index (χ3v) is 9.59. The van der Waals surface area contributed by atoms with Crippen molar-refractivity contribution in [2.24, 2.45) is 11.8 Å². The van der Waals surface area contributed by atoms with Gasteiger partial charge in [-0.1, -0.05) is 77.0 Å². The largest absolute Gasteiger partial charge is 0.490 e. The van der Waals surface area contributed by atoms with Crippen molar-refractivity contribution >= 4 is 0 Å². The summed E-state index contributed by atoms with van der Waals surface area (Å²) in [6.07, 6.45) is 15.3. The van der Waals surface area contributed by atoms with E-state index in [2.05, 4.69) is 13.8 Å². The lowest BCUT2D eigenvalue weighted by Crippen LogP contribution is -2.17. The maximum Gasteiger partial charge on any atom is 0.200 e. The summed E-state index contributed by atoms with van der Waals surface area (Å²) in [4.78, 5) is 0. The number of hydrogen-bond donors (Lipinski definition) is 0. The molecule has 0 heterocycles. The van der Waals surface area contributed by atoms with Gasteiger partial charge in [0.2, 0.25) is 5.82 Å². The van der Waals surface area contributed by atoms with Crippen LogP contribution in [0.4, 0.5) is 17.6 Å². The van der Waals surface area contributed by atoms with E-state index in [1.165, 1.54) is 19.3 Å². The topological polar surface area (TPSA) is 9.23 Å². The van der Waals surface area contributed by atoms with Crippen molar-refractivity contribution in [3.8, 4) is 5.75 Å². The fourth-order valence-electron chi connectivity index (χ4n) is 6.84. The van der Waals surface area contributed by atoms with Crippen molar-refractivity contribution in [1.29, 1.82) is 0 Å². The SMILES string of the molecule is CCCCCCCCOc1ccc(CCC2CCC(c3ccc(C4CCC(C)CC4)c(F)c3F)CC2)c(F)c1F. The molecule has 222 valence electrons.